The fraction of sp³-hybridized carbons (Fsp3) is 0.217. The molecule has 10 heteroatoms. The minimum absolute atomic E-state index is 0.0118. The van der Waals surface area contributed by atoms with E-state index in [2.05, 4.69) is 20.4 Å². The number of fused-ring (bicyclic) bond motifs is 1. The average Bonchev–Trinajstić information content (AvgIpc) is 3.55. The molecule has 1 N–H and O–H groups in total. The summed E-state index contributed by atoms with van der Waals surface area (Å²) in [6, 6.07) is 9.61. The molecule has 1 amide bonds. The van der Waals surface area contributed by atoms with E-state index in [9.17, 15) is 18.0 Å². The monoisotopic (exact) mass is 453 g/mol. The lowest BCUT2D eigenvalue weighted by Gasteiger charge is -2.13. The van der Waals surface area contributed by atoms with Gasteiger partial charge in [-0.1, -0.05) is 6.07 Å². The summed E-state index contributed by atoms with van der Waals surface area (Å²) in [6.45, 7) is 0. The Morgan fingerprint density at radius 1 is 1.12 bits per heavy atom. The van der Waals surface area contributed by atoms with Crippen molar-refractivity contribution >= 4 is 22.4 Å². The molecule has 0 spiro atoms. The molecule has 1 aliphatic carbocycles. The van der Waals surface area contributed by atoms with Crippen LogP contribution in [0, 0.1) is 0 Å². The smallest absolute Gasteiger partial charge is 0.433 e. The van der Waals surface area contributed by atoms with E-state index >= 15 is 0 Å². The maximum Gasteiger partial charge on any atom is 0.433 e. The van der Waals surface area contributed by atoms with E-state index in [1.165, 1.54) is 12.3 Å². The van der Waals surface area contributed by atoms with Crippen LogP contribution in [0.5, 0.6) is 5.88 Å². The number of methoxy groups -OCH3 is 1. The summed E-state index contributed by atoms with van der Waals surface area (Å²) in [4.78, 5) is 20.6. The van der Waals surface area contributed by atoms with Crippen molar-refractivity contribution in [3.05, 3.63) is 71.9 Å². The minimum Gasteiger partial charge on any atom is -0.481 e. The van der Waals surface area contributed by atoms with Gasteiger partial charge in [0.2, 0.25) is 5.88 Å². The van der Waals surface area contributed by atoms with Gasteiger partial charge in [0.05, 0.1) is 30.3 Å². The number of nitrogens with zero attached hydrogens (tertiary/aromatic N) is 4. The molecule has 7 nitrogen and oxygen atoms in total. The van der Waals surface area contributed by atoms with E-state index in [0.29, 0.717) is 11.4 Å². The number of anilines is 1. The Kier molecular flexibility index (Phi) is 4.99. The number of ether oxygens (including phenoxy) is 1. The Bertz CT molecular complexity index is 1360. The first-order chi connectivity index (χ1) is 15.9. The number of pyridine rings is 2. The lowest BCUT2D eigenvalue weighted by atomic mass is 10.1. The molecule has 0 saturated heterocycles. The summed E-state index contributed by atoms with van der Waals surface area (Å²) in [5.74, 6) is 0.0861. The number of hydrogen-bond acceptors (Lipinski definition) is 5. The Labute approximate surface area is 186 Å². The molecule has 4 aromatic rings. The maximum atomic E-state index is 13.0. The van der Waals surface area contributed by atoms with E-state index in [-0.39, 0.29) is 11.6 Å². The van der Waals surface area contributed by atoms with Crippen LogP contribution < -0.4 is 10.1 Å². The van der Waals surface area contributed by atoms with Gasteiger partial charge in [0.15, 0.2) is 0 Å². The van der Waals surface area contributed by atoms with Crippen molar-refractivity contribution in [1.29, 1.82) is 0 Å². The van der Waals surface area contributed by atoms with Crippen molar-refractivity contribution < 1.29 is 22.7 Å². The second-order valence-corrected chi connectivity index (χ2v) is 7.70. The first kappa shape index (κ1) is 20.9. The van der Waals surface area contributed by atoms with E-state index in [0.717, 1.165) is 47.3 Å². The number of amides is 1. The molecular formula is C23H18F3N5O2. The normalized spacial score (nSPS) is 13.8. The molecule has 0 radical (unpaired) electrons. The third kappa shape index (κ3) is 3.88. The zero-order valence-electron chi connectivity index (χ0n) is 17.4. The number of alkyl halides is 3. The number of hydrogen-bond donors (Lipinski definition) is 1. The third-order valence-electron chi connectivity index (χ3n) is 5.49. The lowest BCUT2D eigenvalue weighted by Crippen LogP contribution is -2.15. The highest BCUT2D eigenvalue weighted by Gasteiger charge is 2.34. The molecule has 3 heterocycles. The van der Waals surface area contributed by atoms with Crippen molar-refractivity contribution in [2.45, 2.75) is 24.9 Å². The number of benzene rings is 1. The largest absolute Gasteiger partial charge is 0.481 e. The fourth-order valence-electron chi connectivity index (χ4n) is 3.85. The van der Waals surface area contributed by atoms with Crippen molar-refractivity contribution in [1.82, 2.24) is 19.7 Å². The summed E-state index contributed by atoms with van der Waals surface area (Å²) in [5.41, 5.74) is 0.744. The molecule has 33 heavy (non-hydrogen) atoms. The number of carbonyl (C=O) groups is 1. The summed E-state index contributed by atoms with van der Waals surface area (Å²) >= 11 is 0. The van der Waals surface area contributed by atoms with Gasteiger partial charge in [0, 0.05) is 34.8 Å². The van der Waals surface area contributed by atoms with Crippen LogP contribution in [-0.4, -0.2) is 32.8 Å². The van der Waals surface area contributed by atoms with Crippen LogP contribution in [0.2, 0.25) is 0 Å². The lowest BCUT2D eigenvalue weighted by molar-refractivity contribution is -0.141. The second-order valence-electron chi connectivity index (χ2n) is 7.70. The van der Waals surface area contributed by atoms with Crippen LogP contribution in [0.3, 0.4) is 0 Å². The Balaban J connectivity index is 1.55. The van der Waals surface area contributed by atoms with Gasteiger partial charge in [0.25, 0.3) is 5.91 Å². The molecule has 1 aliphatic rings. The predicted octanol–water partition coefficient (Wildman–Crippen LogP) is 4.97. The molecule has 168 valence electrons. The zero-order valence-corrected chi connectivity index (χ0v) is 17.4. The average molecular weight is 453 g/mol. The first-order valence-electron chi connectivity index (χ1n) is 10.2. The van der Waals surface area contributed by atoms with E-state index in [4.69, 9.17) is 4.74 Å². The molecular weight excluding hydrogens is 435 g/mol. The van der Waals surface area contributed by atoms with Gasteiger partial charge in [-0.3, -0.25) is 9.78 Å². The van der Waals surface area contributed by atoms with E-state index in [1.807, 2.05) is 24.3 Å². The highest BCUT2D eigenvalue weighted by atomic mass is 19.4. The first-order valence-corrected chi connectivity index (χ1v) is 10.2. The highest BCUT2D eigenvalue weighted by Crippen LogP contribution is 2.43. The van der Waals surface area contributed by atoms with Crippen molar-refractivity contribution in [2.75, 3.05) is 12.4 Å². The number of nitrogens with one attached hydrogen (secondary N) is 1. The quantitative estimate of drug-likeness (QED) is 0.461. The summed E-state index contributed by atoms with van der Waals surface area (Å²) in [6.07, 6.45) is 1.30. The van der Waals surface area contributed by atoms with Crippen LogP contribution in [0.15, 0.2) is 55.0 Å². The van der Waals surface area contributed by atoms with Crippen molar-refractivity contribution in [2.24, 2.45) is 0 Å². The zero-order chi connectivity index (χ0) is 23.2. The van der Waals surface area contributed by atoms with Gasteiger partial charge in [-0.25, -0.2) is 9.67 Å². The molecule has 0 aliphatic heterocycles. The summed E-state index contributed by atoms with van der Waals surface area (Å²) in [7, 11) is 1.55. The van der Waals surface area contributed by atoms with Gasteiger partial charge in [-0.05, 0) is 43.2 Å². The molecule has 1 saturated carbocycles. The number of halogens is 3. The van der Waals surface area contributed by atoms with Gasteiger partial charge >= 0.3 is 6.18 Å². The highest BCUT2D eigenvalue weighted by molar-refractivity contribution is 6.05. The molecule has 1 aromatic carbocycles. The molecule has 3 aromatic heterocycles. The van der Waals surface area contributed by atoms with Crippen LogP contribution in [0.4, 0.5) is 18.9 Å². The Morgan fingerprint density at radius 2 is 1.91 bits per heavy atom. The Morgan fingerprint density at radius 3 is 2.64 bits per heavy atom. The summed E-state index contributed by atoms with van der Waals surface area (Å²) in [5, 5.41) is 8.68. The number of carbonyl (C=O) groups excluding carboxylic acids is 1. The van der Waals surface area contributed by atoms with Crippen LogP contribution in [0.25, 0.3) is 16.5 Å². The molecule has 1 fully saturated rings. The molecule has 0 atom stereocenters. The number of rotatable bonds is 5. The van der Waals surface area contributed by atoms with E-state index in [1.54, 1.807) is 18.0 Å². The Hall–Kier alpha value is -3.95. The molecule has 0 bridgehead atoms. The maximum absolute atomic E-state index is 13.0. The topological polar surface area (TPSA) is 81.9 Å². The van der Waals surface area contributed by atoms with Gasteiger partial charge in [-0.15, -0.1) is 0 Å². The van der Waals surface area contributed by atoms with Crippen LogP contribution >= 0.6 is 0 Å². The molecule has 5 rings (SSSR count). The SMILES string of the molecule is COc1nccc2c(-n3ncc(C(=O)Nc4ccnc(C(F)(F)F)c4)c3C3CC3)cccc12. The van der Waals surface area contributed by atoms with Gasteiger partial charge in [0.1, 0.15) is 5.69 Å². The van der Waals surface area contributed by atoms with Crippen molar-refractivity contribution in [3.63, 3.8) is 0 Å². The van der Waals surface area contributed by atoms with Crippen LogP contribution in [-0.2, 0) is 6.18 Å². The van der Waals surface area contributed by atoms with E-state index < -0.39 is 17.8 Å². The third-order valence-corrected chi connectivity index (χ3v) is 5.49. The number of aromatic nitrogens is 4. The fourth-order valence-corrected chi connectivity index (χ4v) is 3.85. The standard InChI is InChI=1S/C23H18F3N5O2/c1-33-22-16-3-2-4-18(15(16)8-10-28-22)31-20(13-5-6-13)17(12-29-31)21(32)30-14-7-9-27-19(11-14)23(24,25)26/h2-4,7-13H,5-6H2,1H3,(H,27,30,32). The molecule has 0 unspecified atom stereocenters. The summed E-state index contributed by atoms with van der Waals surface area (Å²) < 4.78 is 46.0. The van der Waals surface area contributed by atoms with Gasteiger partial charge in [-0.2, -0.15) is 18.3 Å². The van der Waals surface area contributed by atoms with Gasteiger partial charge < -0.3 is 10.1 Å². The predicted molar refractivity (Wildman–Crippen MR) is 115 cm³/mol. The van der Waals surface area contributed by atoms with Crippen LogP contribution in [0.1, 0.15) is 40.5 Å². The second kappa shape index (κ2) is 7.88. The van der Waals surface area contributed by atoms with Crippen molar-refractivity contribution in [3.8, 4) is 11.6 Å². The minimum atomic E-state index is -4.60.